The van der Waals surface area contributed by atoms with E-state index in [0.29, 0.717) is 12.1 Å². The number of ether oxygens (including phenoxy) is 1. The molecule has 1 aromatic rings. The first-order valence-corrected chi connectivity index (χ1v) is 6.43. The van der Waals surface area contributed by atoms with Gasteiger partial charge in [-0.15, -0.1) is 0 Å². The molecule has 1 amide bonds. The van der Waals surface area contributed by atoms with E-state index in [0.717, 1.165) is 25.9 Å². The molecule has 1 aliphatic heterocycles. The van der Waals surface area contributed by atoms with Crippen molar-refractivity contribution in [2.45, 2.75) is 31.8 Å². The van der Waals surface area contributed by atoms with Crippen LogP contribution in [0.3, 0.4) is 0 Å². The Bertz CT molecular complexity index is 430. The van der Waals surface area contributed by atoms with Gasteiger partial charge in [0.1, 0.15) is 5.75 Å². The maximum absolute atomic E-state index is 11.8. The number of phenolic OH excluding ortho intramolecular Hbond substituents is 1. The molecule has 1 aliphatic rings. The van der Waals surface area contributed by atoms with Crippen molar-refractivity contribution in [2.75, 3.05) is 11.9 Å². The van der Waals surface area contributed by atoms with Crippen molar-refractivity contribution in [1.29, 1.82) is 0 Å². The zero-order valence-electron chi connectivity index (χ0n) is 9.99. The van der Waals surface area contributed by atoms with Crippen LogP contribution in [0.4, 0.5) is 5.69 Å². The quantitative estimate of drug-likeness (QED) is 0.830. The molecule has 18 heavy (non-hydrogen) atoms. The first kappa shape index (κ1) is 13.2. The highest BCUT2D eigenvalue weighted by atomic mass is 35.5. The van der Waals surface area contributed by atoms with Crippen LogP contribution in [-0.4, -0.2) is 23.7 Å². The second-order valence-corrected chi connectivity index (χ2v) is 4.81. The zero-order valence-corrected chi connectivity index (χ0v) is 10.7. The lowest BCUT2D eigenvalue weighted by molar-refractivity contribution is -0.119. The molecule has 1 unspecified atom stereocenters. The van der Waals surface area contributed by atoms with Crippen LogP contribution in [0.15, 0.2) is 18.2 Å². The van der Waals surface area contributed by atoms with Crippen molar-refractivity contribution in [3.63, 3.8) is 0 Å². The molecule has 98 valence electrons. The topological polar surface area (TPSA) is 58.6 Å². The molecule has 0 bridgehead atoms. The Kier molecular flexibility index (Phi) is 4.44. The van der Waals surface area contributed by atoms with Gasteiger partial charge in [-0.1, -0.05) is 11.6 Å². The van der Waals surface area contributed by atoms with Gasteiger partial charge in [-0.05, 0) is 37.5 Å². The van der Waals surface area contributed by atoms with Crippen LogP contribution < -0.4 is 5.32 Å². The first-order chi connectivity index (χ1) is 8.65. The summed E-state index contributed by atoms with van der Waals surface area (Å²) in [5.41, 5.74) is 0.582. The molecule has 1 saturated heterocycles. The number of benzene rings is 1. The van der Waals surface area contributed by atoms with Crippen LogP contribution in [0.5, 0.6) is 5.75 Å². The number of amides is 1. The van der Waals surface area contributed by atoms with Crippen LogP contribution in [0.2, 0.25) is 5.02 Å². The van der Waals surface area contributed by atoms with Gasteiger partial charge in [0.2, 0.25) is 5.91 Å². The molecular formula is C13H16ClNO3. The van der Waals surface area contributed by atoms with Crippen LogP contribution in [0.1, 0.15) is 25.7 Å². The van der Waals surface area contributed by atoms with Crippen LogP contribution in [0.25, 0.3) is 0 Å². The largest absolute Gasteiger partial charge is 0.506 e. The Hall–Kier alpha value is -1.26. The summed E-state index contributed by atoms with van der Waals surface area (Å²) in [6.45, 7) is 0.739. The predicted molar refractivity (Wildman–Crippen MR) is 70.0 cm³/mol. The molecule has 1 atom stereocenters. The minimum absolute atomic E-state index is 0.00489. The van der Waals surface area contributed by atoms with Crippen LogP contribution >= 0.6 is 11.6 Å². The third-order valence-corrected chi connectivity index (χ3v) is 3.22. The third kappa shape index (κ3) is 3.62. The molecule has 1 fully saturated rings. The molecule has 2 rings (SSSR count). The van der Waals surface area contributed by atoms with Crippen molar-refractivity contribution in [3.8, 4) is 5.75 Å². The van der Waals surface area contributed by atoms with Gasteiger partial charge in [0.05, 0.1) is 17.5 Å². The van der Waals surface area contributed by atoms with Crippen molar-refractivity contribution >= 4 is 23.2 Å². The summed E-state index contributed by atoms with van der Waals surface area (Å²) in [4.78, 5) is 11.8. The van der Waals surface area contributed by atoms with E-state index >= 15 is 0 Å². The molecule has 0 radical (unpaired) electrons. The average molecular weight is 270 g/mol. The fourth-order valence-electron chi connectivity index (χ4n) is 1.97. The second-order valence-electron chi connectivity index (χ2n) is 4.41. The lowest BCUT2D eigenvalue weighted by Crippen LogP contribution is -2.25. The Balaban J connectivity index is 1.88. The number of phenols is 1. The Morgan fingerprint density at radius 3 is 3.00 bits per heavy atom. The number of hydrogen-bond acceptors (Lipinski definition) is 3. The molecule has 1 aromatic carbocycles. The number of anilines is 1. The summed E-state index contributed by atoms with van der Waals surface area (Å²) in [5, 5.41) is 12.2. The minimum atomic E-state index is -0.0938. The van der Waals surface area contributed by atoms with E-state index in [4.69, 9.17) is 16.3 Å². The van der Waals surface area contributed by atoms with Gasteiger partial charge < -0.3 is 15.2 Å². The number of carbonyl (C=O) groups excluding carboxylic acids is 1. The highest BCUT2D eigenvalue weighted by molar-refractivity contribution is 6.32. The summed E-state index contributed by atoms with van der Waals surface area (Å²) in [6, 6.07) is 4.59. The Labute approximate surface area is 111 Å². The van der Waals surface area contributed by atoms with E-state index in [1.807, 2.05) is 0 Å². The number of hydrogen-bond donors (Lipinski definition) is 2. The smallest absolute Gasteiger partial charge is 0.226 e. The van der Waals surface area contributed by atoms with Crippen molar-refractivity contribution in [1.82, 2.24) is 0 Å². The molecule has 4 nitrogen and oxygen atoms in total. The van der Waals surface area contributed by atoms with Crippen molar-refractivity contribution < 1.29 is 14.6 Å². The second kappa shape index (κ2) is 6.07. The summed E-state index contributed by atoms with van der Waals surface area (Å²) in [7, 11) is 0. The molecule has 0 aromatic heterocycles. The van der Waals surface area contributed by atoms with Crippen LogP contribution in [-0.2, 0) is 9.53 Å². The minimum Gasteiger partial charge on any atom is -0.506 e. The predicted octanol–water partition coefficient (Wildman–Crippen LogP) is 2.94. The van der Waals surface area contributed by atoms with Gasteiger partial charge in [-0.2, -0.15) is 0 Å². The molecule has 1 heterocycles. The molecule has 0 aliphatic carbocycles. The van der Waals surface area contributed by atoms with E-state index in [1.54, 1.807) is 6.07 Å². The summed E-state index contributed by atoms with van der Waals surface area (Å²) >= 11 is 5.76. The number of halogens is 1. The molecule has 2 N–H and O–H groups in total. The van der Waals surface area contributed by atoms with E-state index < -0.39 is 0 Å². The molecule has 0 saturated carbocycles. The van der Waals surface area contributed by atoms with Gasteiger partial charge in [0.25, 0.3) is 0 Å². The Morgan fingerprint density at radius 2 is 2.33 bits per heavy atom. The molecular weight excluding hydrogens is 254 g/mol. The van der Waals surface area contributed by atoms with Gasteiger partial charge in [-0.3, -0.25) is 4.79 Å². The molecule has 5 heteroatoms. The maximum atomic E-state index is 11.8. The normalized spacial score (nSPS) is 19.5. The molecule has 0 spiro atoms. The SMILES string of the molecule is O=C(CC1CCCCO1)Nc1ccc(O)c(Cl)c1. The highest BCUT2D eigenvalue weighted by Crippen LogP contribution is 2.26. The third-order valence-electron chi connectivity index (χ3n) is 2.92. The lowest BCUT2D eigenvalue weighted by Gasteiger charge is -2.21. The van der Waals surface area contributed by atoms with Gasteiger partial charge in [-0.25, -0.2) is 0 Å². The van der Waals surface area contributed by atoms with E-state index in [2.05, 4.69) is 5.32 Å². The average Bonchev–Trinajstić information content (AvgIpc) is 2.35. The standard InChI is InChI=1S/C13H16ClNO3/c14-11-7-9(4-5-12(11)16)15-13(17)8-10-3-1-2-6-18-10/h4-5,7,10,16H,1-3,6,8H2,(H,15,17). The highest BCUT2D eigenvalue weighted by Gasteiger charge is 2.17. The van der Waals surface area contributed by atoms with Crippen LogP contribution in [0, 0.1) is 0 Å². The van der Waals surface area contributed by atoms with Crippen molar-refractivity contribution in [3.05, 3.63) is 23.2 Å². The lowest BCUT2D eigenvalue weighted by atomic mass is 10.1. The number of carbonyl (C=O) groups is 1. The number of aromatic hydroxyl groups is 1. The Morgan fingerprint density at radius 1 is 1.50 bits per heavy atom. The number of nitrogens with one attached hydrogen (secondary N) is 1. The van der Waals surface area contributed by atoms with E-state index in [9.17, 15) is 9.90 Å². The number of rotatable bonds is 3. The first-order valence-electron chi connectivity index (χ1n) is 6.05. The van der Waals surface area contributed by atoms with Gasteiger partial charge in [0.15, 0.2) is 0 Å². The zero-order chi connectivity index (χ0) is 13.0. The summed E-state index contributed by atoms with van der Waals surface area (Å²) in [6.07, 6.45) is 3.50. The van der Waals surface area contributed by atoms with E-state index in [1.165, 1.54) is 12.1 Å². The monoisotopic (exact) mass is 269 g/mol. The summed E-state index contributed by atoms with van der Waals surface area (Å²) < 4.78 is 5.50. The van der Waals surface area contributed by atoms with E-state index in [-0.39, 0.29) is 22.8 Å². The van der Waals surface area contributed by atoms with Crippen molar-refractivity contribution in [2.24, 2.45) is 0 Å². The maximum Gasteiger partial charge on any atom is 0.226 e. The fraction of sp³-hybridized carbons (Fsp3) is 0.462. The van der Waals surface area contributed by atoms with Gasteiger partial charge >= 0.3 is 0 Å². The van der Waals surface area contributed by atoms with Gasteiger partial charge in [0, 0.05) is 12.3 Å². The fourth-order valence-corrected chi connectivity index (χ4v) is 2.15. The summed E-state index contributed by atoms with van der Waals surface area (Å²) in [5.74, 6) is -0.0889.